The predicted octanol–water partition coefficient (Wildman–Crippen LogP) is 13.1. The van der Waals surface area contributed by atoms with E-state index >= 15 is 0 Å². The number of fused-ring (bicyclic) bond motifs is 3. The van der Waals surface area contributed by atoms with Gasteiger partial charge in [-0.3, -0.25) is 19.2 Å². The number of carbonyl (C=O) groups excluding carboxylic acids is 4. The third-order valence-corrected chi connectivity index (χ3v) is 16.2. The Morgan fingerprint density at radius 1 is 0.495 bits per heavy atom. The van der Waals surface area contributed by atoms with E-state index in [0.29, 0.717) is 118 Å². The number of rotatable bonds is 10. The van der Waals surface area contributed by atoms with Gasteiger partial charge in [0.2, 0.25) is 0 Å². The maximum absolute atomic E-state index is 14.2. The second kappa shape index (κ2) is 28.4. The third-order valence-electron chi connectivity index (χ3n) is 16.2. The standard InChI is InChI=1S/C22H21F4NO3.C22H19F4NO3.C14H17NO3.C8H4F4O/c2*1-29-20-12-17-13(11-19(20)27-4-6-30-7-5-27)8-15(21(17)28)9-14-10-16(22(24,25)26)2-3-18(14)23;1-17-14-9-11-10(2-3-13(11)16)8-12(14)15-4-6-18-7-5-15;9-7-2-1-6(8(10,11)12)3-5(7)4-13/h2-3,10-12,15H,4-9H2,1H3;2-3,9-12H,4-8H2,1H3;8-9H,2-7H2,1H3;1-4H/b;15-9+;;. The van der Waals surface area contributed by atoms with Crippen LogP contribution in [0.3, 0.4) is 0 Å². The van der Waals surface area contributed by atoms with Crippen molar-refractivity contribution in [2.75, 3.05) is 115 Å². The quantitative estimate of drug-likeness (QED) is 0.0733. The van der Waals surface area contributed by atoms with Crippen molar-refractivity contribution in [3.8, 4) is 17.2 Å². The zero-order chi connectivity index (χ0) is 65.5. The first-order chi connectivity index (χ1) is 43.3. The Morgan fingerprint density at radius 2 is 0.912 bits per heavy atom. The lowest BCUT2D eigenvalue weighted by Gasteiger charge is -2.30. The van der Waals surface area contributed by atoms with Gasteiger partial charge in [-0.05, 0) is 139 Å². The topological polar surface area (TPSA) is 133 Å². The molecule has 91 heavy (non-hydrogen) atoms. The van der Waals surface area contributed by atoms with E-state index < -0.39 is 64.2 Å². The number of hydrogen-bond donors (Lipinski definition) is 0. The van der Waals surface area contributed by atoms with Crippen LogP contribution in [0.2, 0.25) is 0 Å². The molecule has 12 rings (SSSR count). The van der Waals surface area contributed by atoms with Gasteiger partial charge in [0.1, 0.15) is 34.7 Å². The molecular weight excluding hydrogens is 1220 g/mol. The predicted molar refractivity (Wildman–Crippen MR) is 312 cm³/mol. The van der Waals surface area contributed by atoms with Gasteiger partial charge in [0.25, 0.3) is 0 Å². The molecule has 484 valence electrons. The van der Waals surface area contributed by atoms with Crippen molar-refractivity contribution in [1.82, 2.24) is 0 Å². The lowest BCUT2D eigenvalue weighted by Crippen LogP contribution is -2.36. The highest BCUT2D eigenvalue weighted by atomic mass is 19.4. The molecule has 0 spiro atoms. The summed E-state index contributed by atoms with van der Waals surface area (Å²) in [5.41, 5.74) is 3.60. The van der Waals surface area contributed by atoms with Gasteiger partial charge in [-0.25, -0.2) is 13.2 Å². The first-order valence-corrected chi connectivity index (χ1v) is 28.8. The maximum Gasteiger partial charge on any atom is 0.416 e. The van der Waals surface area contributed by atoms with E-state index in [1.54, 1.807) is 19.2 Å². The van der Waals surface area contributed by atoms with E-state index in [9.17, 15) is 71.9 Å². The summed E-state index contributed by atoms with van der Waals surface area (Å²) in [6.45, 7) is 8.36. The van der Waals surface area contributed by atoms with Gasteiger partial charge in [-0.2, -0.15) is 39.5 Å². The fourth-order valence-electron chi connectivity index (χ4n) is 11.4. The zero-order valence-corrected chi connectivity index (χ0v) is 49.4. The lowest BCUT2D eigenvalue weighted by atomic mass is 9.94. The van der Waals surface area contributed by atoms with Crippen LogP contribution in [0.1, 0.15) is 92.4 Å². The van der Waals surface area contributed by atoms with E-state index in [1.165, 1.54) is 20.3 Å². The molecule has 1 unspecified atom stereocenters. The van der Waals surface area contributed by atoms with Crippen molar-refractivity contribution >= 4 is 46.8 Å². The molecule has 3 saturated heterocycles. The van der Waals surface area contributed by atoms with Crippen LogP contribution in [-0.4, -0.2) is 124 Å². The van der Waals surface area contributed by atoms with Crippen molar-refractivity contribution in [3.05, 3.63) is 181 Å². The number of ether oxygens (including phenoxy) is 6. The number of allylic oxidation sites excluding steroid dienone is 1. The van der Waals surface area contributed by atoms with Crippen LogP contribution in [0.4, 0.5) is 69.7 Å². The largest absolute Gasteiger partial charge is 0.495 e. The summed E-state index contributed by atoms with van der Waals surface area (Å²) in [5.74, 6) is -1.52. The van der Waals surface area contributed by atoms with Crippen molar-refractivity contribution in [2.45, 2.75) is 50.6 Å². The number of anilines is 3. The molecule has 0 aromatic heterocycles. The monoisotopic (exact) mass is 1280 g/mol. The fraction of sp³-hybridized carbons (Fsp3) is 0.364. The highest BCUT2D eigenvalue weighted by molar-refractivity contribution is 6.16. The van der Waals surface area contributed by atoms with Crippen molar-refractivity contribution in [2.24, 2.45) is 5.92 Å². The molecule has 25 heteroatoms. The van der Waals surface area contributed by atoms with E-state index in [-0.39, 0.29) is 53.2 Å². The number of halogens is 12. The highest BCUT2D eigenvalue weighted by Crippen LogP contribution is 2.42. The van der Waals surface area contributed by atoms with Gasteiger partial charge in [-0.1, -0.05) is 0 Å². The normalized spacial score (nSPS) is 17.7. The molecule has 0 amide bonds. The number of Topliss-reactive ketones (excluding diaryl/α,β-unsaturated/α-hetero) is 3. The average Bonchev–Trinajstić information content (AvgIpc) is 1.67. The number of nitrogens with zero attached hydrogens (tertiary/aromatic N) is 3. The van der Waals surface area contributed by atoms with E-state index in [2.05, 4.69) is 20.8 Å². The Bertz CT molecular complexity index is 3720. The molecule has 3 aliphatic carbocycles. The van der Waals surface area contributed by atoms with Gasteiger partial charge in [-0.15, -0.1) is 0 Å². The smallest absolute Gasteiger partial charge is 0.416 e. The minimum Gasteiger partial charge on any atom is -0.495 e. The van der Waals surface area contributed by atoms with Crippen LogP contribution in [0.15, 0.2) is 96.6 Å². The van der Waals surface area contributed by atoms with Gasteiger partial charge in [0.15, 0.2) is 23.6 Å². The summed E-state index contributed by atoms with van der Waals surface area (Å²) in [7, 11) is 4.70. The molecule has 3 aliphatic heterocycles. The van der Waals surface area contributed by atoms with Crippen molar-refractivity contribution in [1.29, 1.82) is 0 Å². The zero-order valence-electron chi connectivity index (χ0n) is 49.4. The van der Waals surface area contributed by atoms with Gasteiger partial charge in [0, 0.05) is 85.9 Å². The molecule has 0 N–H and O–H groups in total. The molecule has 6 aromatic rings. The molecule has 0 saturated carbocycles. The van der Waals surface area contributed by atoms with Gasteiger partial charge in [0.05, 0.1) is 100 Å². The minimum absolute atomic E-state index is 0.0462. The molecule has 0 radical (unpaired) electrons. The summed E-state index contributed by atoms with van der Waals surface area (Å²) in [6.07, 6.45) is -10.5. The number of ketones is 3. The molecule has 3 heterocycles. The molecule has 6 aliphatic rings. The van der Waals surface area contributed by atoms with Crippen LogP contribution >= 0.6 is 0 Å². The van der Waals surface area contributed by atoms with E-state index in [1.807, 2.05) is 18.2 Å². The lowest BCUT2D eigenvalue weighted by molar-refractivity contribution is -0.138. The summed E-state index contributed by atoms with van der Waals surface area (Å²) >= 11 is 0. The summed E-state index contributed by atoms with van der Waals surface area (Å²) in [4.78, 5) is 54.1. The second-order valence-electron chi connectivity index (χ2n) is 21.8. The van der Waals surface area contributed by atoms with Crippen LogP contribution in [-0.2, 0) is 58.4 Å². The highest BCUT2D eigenvalue weighted by Gasteiger charge is 2.37. The number of hydrogen-bond acceptors (Lipinski definition) is 13. The molecule has 13 nitrogen and oxygen atoms in total. The minimum atomic E-state index is -4.59. The SMILES string of the molecule is COc1cc2c(cc1N1CCOCC1)C/C(=C\c1cc(C(F)(F)F)ccc1F)C2=O.COc1cc2c(cc1N1CCOCC1)CC(Cc1cc(C(F)(F)F)ccc1F)C2=O.COc1cc2c(cc1N1CCOCC1)CCC2=O.O=Cc1cc(C(F)(F)F)ccc1F. The van der Waals surface area contributed by atoms with E-state index in [0.717, 1.165) is 102 Å². The number of aldehydes is 1. The Morgan fingerprint density at radius 3 is 1.38 bits per heavy atom. The molecule has 0 bridgehead atoms. The van der Waals surface area contributed by atoms with Crippen LogP contribution in [0, 0.1) is 23.4 Å². The molecule has 3 fully saturated rings. The average molecular weight is 1280 g/mol. The van der Waals surface area contributed by atoms with Crippen LogP contribution in [0.5, 0.6) is 17.2 Å². The van der Waals surface area contributed by atoms with Crippen molar-refractivity contribution in [3.63, 3.8) is 0 Å². The number of carbonyl (C=O) groups is 4. The van der Waals surface area contributed by atoms with Crippen LogP contribution < -0.4 is 28.9 Å². The van der Waals surface area contributed by atoms with E-state index in [4.69, 9.17) is 28.4 Å². The summed E-state index contributed by atoms with van der Waals surface area (Å²) in [5, 5.41) is 0. The Kier molecular flexibility index (Phi) is 20.9. The summed E-state index contributed by atoms with van der Waals surface area (Å²) < 4.78 is 187. The number of benzene rings is 6. The molecule has 1 atom stereocenters. The Labute approximate surface area is 515 Å². The van der Waals surface area contributed by atoms with Crippen LogP contribution in [0.25, 0.3) is 6.08 Å². The number of aryl methyl sites for hydroxylation is 1. The maximum atomic E-state index is 14.2. The Hall–Kier alpha value is -8.42. The second-order valence-corrected chi connectivity index (χ2v) is 21.8. The first kappa shape index (κ1) is 67.0. The van der Waals surface area contributed by atoms with Crippen molar-refractivity contribution < 1.29 is 100 Å². The molecular formula is C66H61F12N3O10. The number of alkyl halides is 9. The number of morpholine rings is 3. The molecule has 6 aromatic carbocycles. The van der Waals surface area contributed by atoms with Gasteiger partial charge < -0.3 is 43.1 Å². The fourth-order valence-corrected chi connectivity index (χ4v) is 11.4. The summed E-state index contributed by atoms with van der Waals surface area (Å²) in [6, 6.07) is 17.3. The number of methoxy groups -OCH3 is 3. The third kappa shape index (κ3) is 15.7. The first-order valence-electron chi connectivity index (χ1n) is 28.8. The van der Waals surface area contributed by atoms with Gasteiger partial charge >= 0.3 is 18.5 Å². The Balaban J connectivity index is 0.000000151.